The first-order valence-electron chi connectivity index (χ1n) is 13.5. The lowest BCUT2D eigenvalue weighted by Gasteiger charge is -2.40. The number of carboxylic acids is 2. The van der Waals surface area contributed by atoms with Crippen molar-refractivity contribution in [3.05, 3.63) is 47.2 Å². The van der Waals surface area contributed by atoms with E-state index in [9.17, 15) is 40.8 Å². The molecule has 6 rings (SSSR count). The molecule has 2 aliphatic rings. The number of amides is 1. The molecular formula is C28H22F8N6O5S. The number of alkyl halides is 6. The van der Waals surface area contributed by atoms with Gasteiger partial charge in [0.25, 0.3) is 5.91 Å². The zero-order valence-corrected chi connectivity index (χ0v) is 25.0. The van der Waals surface area contributed by atoms with Gasteiger partial charge in [-0.25, -0.2) is 18.4 Å². The van der Waals surface area contributed by atoms with Crippen molar-refractivity contribution in [2.75, 3.05) is 18.8 Å². The number of carbonyl (C=O) groups is 3. The van der Waals surface area contributed by atoms with Crippen molar-refractivity contribution in [2.45, 2.75) is 44.3 Å². The Morgan fingerprint density at radius 3 is 2.25 bits per heavy atom. The summed E-state index contributed by atoms with van der Waals surface area (Å²) in [7, 11) is 0. The lowest BCUT2D eigenvalue weighted by molar-refractivity contribution is -0.193. The largest absolute Gasteiger partial charge is 0.490 e. The van der Waals surface area contributed by atoms with Crippen LogP contribution in [0.2, 0.25) is 0 Å². The number of hydrogen-bond donors (Lipinski definition) is 4. The van der Waals surface area contributed by atoms with Crippen LogP contribution in [-0.2, 0) is 16.1 Å². The van der Waals surface area contributed by atoms with Gasteiger partial charge in [0.15, 0.2) is 0 Å². The van der Waals surface area contributed by atoms with Crippen molar-refractivity contribution < 1.29 is 59.7 Å². The second-order valence-corrected chi connectivity index (χ2v) is 11.5. The smallest absolute Gasteiger partial charge is 0.475 e. The normalized spacial score (nSPS) is 17.7. The molecule has 256 valence electrons. The minimum atomic E-state index is -5.08. The molecule has 5 N–H and O–H groups in total. The third-order valence-corrected chi connectivity index (χ3v) is 8.36. The molecule has 2 aliphatic heterocycles. The molecule has 2 aromatic heterocycles. The van der Waals surface area contributed by atoms with Gasteiger partial charge in [0.05, 0.1) is 27.5 Å². The third kappa shape index (κ3) is 6.96. The summed E-state index contributed by atoms with van der Waals surface area (Å²) in [6.07, 6.45) is -7.90. The Kier molecular flexibility index (Phi) is 9.87. The van der Waals surface area contributed by atoms with Crippen LogP contribution in [0.3, 0.4) is 0 Å². The van der Waals surface area contributed by atoms with Crippen molar-refractivity contribution in [1.29, 1.82) is 5.26 Å². The zero-order chi connectivity index (χ0) is 35.9. The topological polar surface area (TPSA) is 175 Å². The summed E-state index contributed by atoms with van der Waals surface area (Å²) in [6, 6.07) is 6.14. The van der Waals surface area contributed by atoms with Crippen molar-refractivity contribution in [2.24, 2.45) is 0 Å². The van der Waals surface area contributed by atoms with Crippen molar-refractivity contribution in [3.8, 4) is 17.2 Å². The van der Waals surface area contributed by atoms with E-state index in [4.69, 9.17) is 25.5 Å². The number of piperazine rings is 1. The molecule has 0 aliphatic carbocycles. The van der Waals surface area contributed by atoms with Crippen molar-refractivity contribution >= 4 is 55.2 Å². The van der Waals surface area contributed by atoms with Crippen LogP contribution in [0.5, 0.6) is 0 Å². The van der Waals surface area contributed by atoms with Crippen LogP contribution < -0.4 is 11.1 Å². The third-order valence-electron chi connectivity index (χ3n) is 7.34. The first-order valence-corrected chi connectivity index (χ1v) is 14.3. The summed E-state index contributed by atoms with van der Waals surface area (Å²) in [6.45, 7) is 3.81. The SMILES string of the molecule is C[C@@H]1CN2C(=O)c3cc(F)c(-c4ccc(F)c5sc(N)c(C#N)c45)c4cnn(c34)CC[C@H]2CN1.O=C(O)C(F)(F)F.O=C(O)C(F)(F)F. The molecule has 11 nitrogen and oxygen atoms in total. The highest BCUT2D eigenvalue weighted by Gasteiger charge is 2.39. The van der Waals surface area contributed by atoms with E-state index in [1.54, 1.807) is 10.9 Å². The molecule has 1 amide bonds. The van der Waals surface area contributed by atoms with E-state index < -0.39 is 35.9 Å². The number of nitriles is 1. The molecule has 4 heterocycles. The molecule has 1 saturated heterocycles. The number of aliphatic carboxylic acids is 2. The quantitative estimate of drug-likeness (QED) is 0.196. The van der Waals surface area contributed by atoms with Gasteiger partial charge in [-0.05, 0) is 31.0 Å². The number of thiophene rings is 1. The lowest BCUT2D eigenvalue weighted by atomic mass is 9.93. The minimum Gasteiger partial charge on any atom is -0.475 e. The van der Waals surface area contributed by atoms with Gasteiger partial charge in [-0.3, -0.25) is 9.48 Å². The van der Waals surface area contributed by atoms with E-state index in [0.29, 0.717) is 36.1 Å². The molecule has 2 aromatic carbocycles. The monoisotopic (exact) mass is 706 g/mol. The number of fused-ring (bicyclic) bond motifs is 2. The van der Waals surface area contributed by atoms with Gasteiger partial charge >= 0.3 is 24.3 Å². The maximum Gasteiger partial charge on any atom is 0.490 e. The predicted molar refractivity (Wildman–Crippen MR) is 154 cm³/mol. The molecule has 20 heteroatoms. The summed E-state index contributed by atoms with van der Waals surface area (Å²) in [5.74, 6) is -6.89. The molecule has 0 radical (unpaired) electrons. The number of nitrogens with two attached hydrogens (primary N) is 1. The molecule has 0 bridgehead atoms. The second kappa shape index (κ2) is 13.2. The van der Waals surface area contributed by atoms with Gasteiger partial charge < -0.3 is 26.2 Å². The predicted octanol–water partition coefficient (Wildman–Crippen LogP) is 5.12. The fraction of sp³-hybridized carbons (Fsp3) is 0.321. The standard InChI is InChI=1S/C24H20F2N6OS.2C2HF3O2/c1-11-10-31-12(8-29-11)4-5-32-21-14(24(31)33)6-18(26)19(16(21)9-30-32)13-2-3-17(25)22-20(13)15(7-27)23(28)34-22;2*3-2(4,5)1(6)7/h2-3,6,9,11-12,29H,4-5,8,10,28H2,1H3;2*(H,6,7)/t11-,12+;;/m1../s1. The Bertz CT molecular complexity index is 1940. The second-order valence-electron chi connectivity index (χ2n) is 10.5. The van der Waals surface area contributed by atoms with E-state index in [2.05, 4.69) is 10.4 Å². The number of benzene rings is 2. The van der Waals surface area contributed by atoms with E-state index in [0.717, 1.165) is 17.8 Å². The molecular weight excluding hydrogens is 684 g/mol. The highest BCUT2D eigenvalue weighted by molar-refractivity contribution is 7.23. The maximum absolute atomic E-state index is 15.8. The first-order chi connectivity index (χ1) is 22.3. The molecule has 0 spiro atoms. The fourth-order valence-corrected chi connectivity index (χ4v) is 6.20. The Morgan fingerprint density at radius 2 is 1.69 bits per heavy atom. The van der Waals surface area contributed by atoms with E-state index in [1.165, 1.54) is 18.2 Å². The Balaban J connectivity index is 0.000000314. The van der Waals surface area contributed by atoms with Crippen LogP contribution in [0.1, 0.15) is 29.3 Å². The number of anilines is 1. The van der Waals surface area contributed by atoms with Crippen molar-refractivity contribution in [1.82, 2.24) is 20.0 Å². The minimum absolute atomic E-state index is 0.00234. The molecule has 48 heavy (non-hydrogen) atoms. The molecule has 0 saturated carbocycles. The van der Waals surface area contributed by atoms with Crippen LogP contribution in [0.15, 0.2) is 24.4 Å². The van der Waals surface area contributed by atoms with Crippen LogP contribution in [0.25, 0.3) is 32.1 Å². The summed E-state index contributed by atoms with van der Waals surface area (Å²) < 4.78 is 95.8. The Morgan fingerprint density at radius 1 is 1.08 bits per heavy atom. The number of nitrogens with one attached hydrogen (secondary N) is 1. The number of aryl methyl sites for hydroxylation is 1. The van der Waals surface area contributed by atoms with E-state index in [1.807, 2.05) is 17.9 Å². The Hall–Kier alpha value is -5.03. The Labute approximate surface area is 267 Å². The van der Waals surface area contributed by atoms with Gasteiger partial charge in [0.2, 0.25) is 0 Å². The van der Waals surface area contributed by atoms with E-state index in [-0.39, 0.29) is 49.8 Å². The number of nitrogen functional groups attached to an aromatic ring is 1. The number of halogens is 8. The number of nitrogens with zero attached hydrogens (tertiary/aromatic N) is 4. The average Bonchev–Trinajstić information content (AvgIpc) is 3.56. The van der Waals surface area contributed by atoms with Crippen LogP contribution in [0, 0.1) is 23.0 Å². The zero-order valence-electron chi connectivity index (χ0n) is 24.2. The molecule has 0 unspecified atom stereocenters. The summed E-state index contributed by atoms with van der Waals surface area (Å²) in [5.41, 5.74) is 7.45. The summed E-state index contributed by atoms with van der Waals surface area (Å²) in [4.78, 5) is 33.2. The number of rotatable bonds is 1. The highest BCUT2D eigenvalue weighted by atomic mass is 32.1. The fourth-order valence-electron chi connectivity index (χ4n) is 5.25. The summed E-state index contributed by atoms with van der Waals surface area (Å²) in [5, 5.41) is 32.7. The van der Waals surface area contributed by atoms with Gasteiger partial charge in [0.1, 0.15) is 22.7 Å². The number of aromatic nitrogens is 2. The average molecular weight is 707 g/mol. The molecule has 1 fully saturated rings. The lowest BCUT2D eigenvalue weighted by Crippen LogP contribution is -2.58. The number of carbonyl (C=O) groups excluding carboxylic acids is 1. The summed E-state index contributed by atoms with van der Waals surface area (Å²) >= 11 is 0.963. The van der Waals surface area contributed by atoms with Crippen molar-refractivity contribution in [3.63, 3.8) is 0 Å². The van der Waals surface area contributed by atoms with Gasteiger partial charge in [-0.2, -0.15) is 36.7 Å². The van der Waals surface area contributed by atoms with Crippen LogP contribution in [0.4, 0.5) is 40.1 Å². The van der Waals surface area contributed by atoms with Gasteiger partial charge in [-0.15, -0.1) is 11.3 Å². The first kappa shape index (κ1) is 35.8. The molecule has 2 atom stereocenters. The maximum atomic E-state index is 15.8. The highest BCUT2D eigenvalue weighted by Crippen LogP contribution is 2.44. The van der Waals surface area contributed by atoms with Gasteiger partial charge in [0, 0.05) is 48.1 Å². The van der Waals surface area contributed by atoms with Gasteiger partial charge in [-0.1, -0.05) is 6.07 Å². The van der Waals surface area contributed by atoms with E-state index >= 15 is 4.39 Å². The number of carboxylic acid groups (broad SMARTS) is 2. The van der Waals surface area contributed by atoms with Crippen LogP contribution in [-0.4, -0.2) is 80.3 Å². The number of hydrogen-bond acceptors (Lipinski definition) is 8. The van der Waals surface area contributed by atoms with Crippen LogP contribution >= 0.6 is 11.3 Å². The molecule has 4 aromatic rings.